The molecule has 1 unspecified atom stereocenters. The lowest BCUT2D eigenvalue weighted by Gasteiger charge is -2.34. The minimum atomic E-state index is 0.662. The van der Waals surface area contributed by atoms with Crippen molar-refractivity contribution in [2.75, 3.05) is 33.0 Å². The molecule has 23 heavy (non-hydrogen) atoms. The van der Waals surface area contributed by atoms with Gasteiger partial charge < -0.3 is 15.0 Å². The molecule has 5 nitrogen and oxygen atoms in total. The highest BCUT2D eigenvalue weighted by atomic mass is 32.2. The zero-order chi connectivity index (χ0) is 16.8. The summed E-state index contributed by atoms with van der Waals surface area (Å²) in [5, 5.41) is 4.16. The summed E-state index contributed by atoms with van der Waals surface area (Å²) in [7, 11) is 3.56. The molecular weight excluding hydrogens is 308 g/mol. The molecule has 1 fully saturated rings. The smallest absolute Gasteiger partial charge is 0.194 e. The highest BCUT2D eigenvalue weighted by Crippen LogP contribution is 2.24. The molecule has 6 heteroatoms. The van der Waals surface area contributed by atoms with Crippen LogP contribution in [0.25, 0.3) is 0 Å². The second-order valence-electron chi connectivity index (χ2n) is 5.79. The summed E-state index contributed by atoms with van der Waals surface area (Å²) in [6.45, 7) is 9.10. The van der Waals surface area contributed by atoms with Crippen LogP contribution in [-0.4, -0.2) is 54.1 Å². The first kappa shape index (κ1) is 17.9. The van der Waals surface area contributed by atoms with Gasteiger partial charge in [-0.25, -0.2) is 0 Å². The number of methoxy groups -OCH3 is 1. The number of aromatic nitrogens is 1. The number of nitrogens with zero attached hydrogens (tertiary/aromatic N) is 3. The predicted octanol–water partition coefficient (Wildman–Crippen LogP) is 2.61. The van der Waals surface area contributed by atoms with E-state index in [1.165, 1.54) is 6.42 Å². The number of thioether (sulfide) groups is 1. The van der Waals surface area contributed by atoms with Crippen LogP contribution in [-0.2, 0) is 6.54 Å². The zero-order valence-corrected chi connectivity index (χ0v) is 15.7. The average molecular weight is 337 g/mol. The molecule has 0 aromatic carbocycles. The van der Waals surface area contributed by atoms with Crippen molar-refractivity contribution in [2.24, 2.45) is 4.99 Å². The summed E-state index contributed by atoms with van der Waals surface area (Å²) in [5.41, 5.74) is 3.17. The number of aryl methyl sites for hydroxylation is 1. The first-order chi connectivity index (χ1) is 11.1. The Hall–Kier alpha value is -1.43. The SMILES string of the molecule is CCC1CN(C(=NC)NCc2ncc(C)c(OC)c2C)CCS1. The lowest BCUT2D eigenvalue weighted by molar-refractivity contribution is 0.403. The molecule has 0 radical (unpaired) electrons. The molecule has 1 atom stereocenters. The van der Waals surface area contributed by atoms with E-state index in [4.69, 9.17) is 4.74 Å². The van der Waals surface area contributed by atoms with E-state index in [0.717, 1.165) is 47.4 Å². The van der Waals surface area contributed by atoms with Crippen LogP contribution >= 0.6 is 11.8 Å². The molecule has 2 heterocycles. The summed E-state index contributed by atoms with van der Waals surface area (Å²) in [6, 6.07) is 0. The van der Waals surface area contributed by atoms with E-state index in [9.17, 15) is 0 Å². The summed E-state index contributed by atoms with van der Waals surface area (Å²) in [5.74, 6) is 3.05. The standard InChI is InChI=1S/C17H28N4OS/c1-6-14-11-21(7-8-23-14)17(18-4)20-10-15-13(3)16(22-5)12(2)9-19-15/h9,14H,6-8,10-11H2,1-5H3,(H,18,20). The van der Waals surface area contributed by atoms with E-state index >= 15 is 0 Å². The van der Waals surface area contributed by atoms with Gasteiger partial charge in [-0.1, -0.05) is 6.92 Å². The molecule has 1 saturated heterocycles. The first-order valence-electron chi connectivity index (χ1n) is 8.16. The Kier molecular flexibility index (Phi) is 6.57. The van der Waals surface area contributed by atoms with Gasteiger partial charge in [-0.05, 0) is 20.3 Å². The van der Waals surface area contributed by atoms with Crippen molar-refractivity contribution >= 4 is 17.7 Å². The Balaban J connectivity index is 2.04. The molecule has 1 aromatic heterocycles. The van der Waals surface area contributed by atoms with Crippen LogP contribution in [0.15, 0.2) is 11.2 Å². The van der Waals surface area contributed by atoms with Crippen molar-refractivity contribution < 1.29 is 4.74 Å². The van der Waals surface area contributed by atoms with Gasteiger partial charge in [0.25, 0.3) is 0 Å². The molecule has 0 spiro atoms. The van der Waals surface area contributed by atoms with Gasteiger partial charge in [-0.3, -0.25) is 9.98 Å². The van der Waals surface area contributed by atoms with Crippen molar-refractivity contribution in [3.8, 4) is 5.75 Å². The highest BCUT2D eigenvalue weighted by molar-refractivity contribution is 8.00. The fourth-order valence-electron chi connectivity index (χ4n) is 2.90. The van der Waals surface area contributed by atoms with Crippen LogP contribution in [0.1, 0.15) is 30.2 Å². The quantitative estimate of drug-likeness (QED) is 0.676. The van der Waals surface area contributed by atoms with E-state index in [2.05, 4.69) is 45.8 Å². The van der Waals surface area contributed by atoms with Gasteiger partial charge in [0.1, 0.15) is 5.75 Å². The summed E-state index contributed by atoms with van der Waals surface area (Å²) >= 11 is 2.06. The number of rotatable bonds is 4. The average Bonchev–Trinajstić information content (AvgIpc) is 2.58. The maximum absolute atomic E-state index is 5.48. The molecule has 0 saturated carbocycles. The lowest BCUT2D eigenvalue weighted by atomic mass is 10.1. The van der Waals surface area contributed by atoms with Gasteiger partial charge in [0, 0.05) is 48.5 Å². The molecular formula is C17H28N4OS. The van der Waals surface area contributed by atoms with Crippen molar-refractivity contribution in [3.63, 3.8) is 0 Å². The third-order valence-electron chi connectivity index (χ3n) is 4.27. The third kappa shape index (κ3) is 4.31. The summed E-state index contributed by atoms with van der Waals surface area (Å²) < 4.78 is 5.48. The van der Waals surface area contributed by atoms with Crippen LogP contribution in [0.5, 0.6) is 5.75 Å². The highest BCUT2D eigenvalue weighted by Gasteiger charge is 2.21. The Morgan fingerprint density at radius 1 is 1.52 bits per heavy atom. The zero-order valence-electron chi connectivity index (χ0n) is 14.8. The van der Waals surface area contributed by atoms with E-state index < -0.39 is 0 Å². The molecule has 1 aliphatic rings. The molecule has 0 aliphatic carbocycles. The van der Waals surface area contributed by atoms with Crippen LogP contribution < -0.4 is 10.1 Å². The van der Waals surface area contributed by atoms with E-state index in [1.54, 1.807) is 7.11 Å². The Bertz CT molecular complexity index is 562. The minimum absolute atomic E-state index is 0.662. The number of nitrogens with one attached hydrogen (secondary N) is 1. The van der Waals surface area contributed by atoms with Crippen LogP contribution in [0.3, 0.4) is 0 Å². The second kappa shape index (κ2) is 8.43. The Morgan fingerprint density at radius 3 is 2.96 bits per heavy atom. The molecule has 128 valence electrons. The molecule has 1 N–H and O–H groups in total. The number of hydrogen-bond donors (Lipinski definition) is 1. The van der Waals surface area contributed by atoms with E-state index in [1.807, 2.05) is 20.2 Å². The van der Waals surface area contributed by atoms with Gasteiger partial charge in [0.2, 0.25) is 0 Å². The third-order valence-corrected chi connectivity index (χ3v) is 5.64. The largest absolute Gasteiger partial charge is 0.496 e. The number of pyridine rings is 1. The fraction of sp³-hybridized carbons (Fsp3) is 0.647. The molecule has 0 bridgehead atoms. The number of guanidine groups is 1. The normalized spacial score (nSPS) is 18.9. The van der Waals surface area contributed by atoms with Crippen molar-refractivity contribution in [2.45, 2.75) is 39.0 Å². The Morgan fingerprint density at radius 2 is 2.30 bits per heavy atom. The van der Waals surface area contributed by atoms with E-state index in [-0.39, 0.29) is 0 Å². The maximum Gasteiger partial charge on any atom is 0.194 e. The molecule has 2 rings (SSSR count). The van der Waals surface area contributed by atoms with Crippen LogP contribution in [0, 0.1) is 13.8 Å². The van der Waals surface area contributed by atoms with Crippen molar-refractivity contribution in [3.05, 3.63) is 23.0 Å². The second-order valence-corrected chi connectivity index (χ2v) is 7.20. The number of ether oxygens (including phenoxy) is 1. The van der Waals surface area contributed by atoms with Gasteiger partial charge in [-0.15, -0.1) is 0 Å². The van der Waals surface area contributed by atoms with Gasteiger partial charge in [0.05, 0.1) is 19.3 Å². The summed E-state index contributed by atoms with van der Waals surface area (Å²) in [6.07, 6.45) is 3.07. The topological polar surface area (TPSA) is 49.8 Å². The Labute approximate surface area is 143 Å². The molecule has 1 aromatic rings. The summed E-state index contributed by atoms with van der Waals surface area (Å²) in [4.78, 5) is 11.3. The first-order valence-corrected chi connectivity index (χ1v) is 9.21. The van der Waals surface area contributed by atoms with Crippen molar-refractivity contribution in [1.82, 2.24) is 15.2 Å². The van der Waals surface area contributed by atoms with Gasteiger partial charge in [-0.2, -0.15) is 11.8 Å². The number of aliphatic imine (C=N–C) groups is 1. The lowest BCUT2D eigenvalue weighted by Crippen LogP contribution is -2.47. The predicted molar refractivity (Wildman–Crippen MR) is 98.6 cm³/mol. The van der Waals surface area contributed by atoms with Crippen LogP contribution in [0.2, 0.25) is 0 Å². The maximum atomic E-state index is 5.48. The van der Waals surface area contributed by atoms with Crippen molar-refractivity contribution in [1.29, 1.82) is 0 Å². The molecule has 1 aliphatic heterocycles. The van der Waals surface area contributed by atoms with Gasteiger partial charge >= 0.3 is 0 Å². The number of hydrogen-bond acceptors (Lipinski definition) is 4. The monoisotopic (exact) mass is 336 g/mol. The van der Waals surface area contributed by atoms with Gasteiger partial charge in [0.15, 0.2) is 5.96 Å². The fourth-order valence-corrected chi connectivity index (χ4v) is 4.08. The van der Waals surface area contributed by atoms with E-state index in [0.29, 0.717) is 11.8 Å². The minimum Gasteiger partial charge on any atom is -0.496 e. The van der Waals surface area contributed by atoms with Crippen LogP contribution in [0.4, 0.5) is 0 Å². The molecule has 0 amide bonds.